The molecule has 1 saturated heterocycles. The topological polar surface area (TPSA) is 52.6 Å². The lowest BCUT2D eigenvalue weighted by Gasteiger charge is -2.34. The van der Waals surface area contributed by atoms with E-state index in [9.17, 15) is 9.90 Å². The molecule has 0 radical (unpaired) electrons. The molecule has 1 aromatic rings. The van der Waals surface area contributed by atoms with Crippen molar-refractivity contribution in [3.05, 3.63) is 24.3 Å². The Hall–Kier alpha value is -1.20. The molecular formula is C17H26N2O2S. The number of thioether (sulfide) groups is 1. The number of urea groups is 1. The highest BCUT2D eigenvalue weighted by molar-refractivity contribution is 8.00. The van der Waals surface area contributed by atoms with E-state index in [2.05, 4.69) is 26.1 Å². The molecule has 2 atom stereocenters. The van der Waals surface area contributed by atoms with E-state index in [1.54, 1.807) is 16.7 Å². The predicted octanol–water partition coefficient (Wildman–Crippen LogP) is 3.81. The van der Waals surface area contributed by atoms with Crippen molar-refractivity contribution in [2.24, 2.45) is 5.92 Å². The Morgan fingerprint density at radius 1 is 1.32 bits per heavy atom. The SMILES string of the molecule is CC1CCN(C(=O)Nc2ccc(SC(C)(C)C)cc2)CC1O. The van der Waals surface area contributed by atoms with Crippen LogP contribution in [0.1, 0.15) is 34.1 Å². The van der Waals surface area contributed by atoms with Gasteiger partial charge in [0.2, 0.25) is 0 Å². The number of aliphatic hydroxyl groups excluding tert-OH is 1. The van der Waals surface area contributed by atoms with Crippen LogP contribution in [-0.4, -0.2) is 40.0 Å². The van der Waals surface area contributed by atoms with Gasteiger partial charge in [0.05, 0.1) is 6.10 Å². The Morgan fingerprint density at radius 2 is 1.95 bits per heavy atom. The molecule has 2 N–H and O–H groups in total. The molecule has 0 spiro atoms. The Kier molecular flexibility index (Phi) is 5.40. The first-order valence-electron chi connectivity index (χ1n) is 7.78. The molecule has 5 heteroatoms. The van der Waals surface area contributed by atoms with Gasteiger partial charge in [-0.25, -0.2) is 4.79 Å². The Bertz CT molecular complexity index is 510. The molecule has 2 amide bonds. The Morgan fingerprint density at radius 3 is 2.50 bits per heavy atom. The maximum absolute atomic E-state index is 12.2. The van der Waals surface area contributed by atoms with Crippen LogP contribution in [0.3, 0.4) is 0 Å². The maximum Gasteiger partial charge on any atom is 0.321 e. The van der Waals surface area contributed by atoms with E-state index in [0.717, 1.165) is 12.1 Å². The summed E-state index contributed by atoms with van der Waals surface area (Å²) in [6.45, 7) is 9.65. The number of nitrogens with zero attached hydrogens (tertiary/aromatic N) is 1. The summed E-state index contributed by atoms with van der Waals surface area (Å²) in [4.78, 5) is 15.1. The van der Waals surface area contributed by atoms with Gasteiger partial charge in [-0.05, 0) is 36.6 Å². The first-order chi connectivity index (χ1) is 10.2. The minimum Gasteiger partial charge on any atom is -0.391 e. The van der Waals surface area contributed by atoms with Crippen LogP contribution in [0.5, 0.6) is 0 Å². The first-order valence-corrected chi connectivity index (χ1v) is 8.59. The van der Waals surface area contributed by atoms with Gasteiger partial charge < -0.3 is 15.3 Å². The van der Waals surface area contributed by atoms with Crippen molar-refractivity contribution in [3.63, 3.8) is 0 Å². The highest BCUT2D eigenvalue weighted by atomic mass is 32.2. The maximum atomic E-state index is 12.2. The van der Waals surface area contributed by atoms with Gasteiger partial charge in [-0.3, -0.25) is 0 Å². The number of carbonyl (C=O) groups is 1. The average molecular weight is 322 g/mol. The van der Waals surface area contributed by atoms with Gasteiger partial charge in [0.15, 0.2) is 0 Å². The number of β-amino-alcohol motifs (C(OH)–C–C–N with tert-alkyl or cyclic N) is 1. The lowest BCUT2D eigenvalue weighted by Crippen LogP contribution is -2.47. The molecule has 0 aliphatic carbocycles. The van der Waals surface area contributed by atoms with Crippen LogP contribution in [0.4, 0.5) is 10.5 Å². The fourth-order valence-corrected chi connectivity index (χ4v) is 3.38. The van der Waals surface area contributed by atoms with Crippen LogP contribution in [0.2, 0.25) is 0 Å². The number of hydrogen-bond acceptors (Lipinski definition) is 3. The zero-order valence-corrected chi connectivity index (χ0v) is 14.6. The second kappa shape index (κ2) is 6.92. The molecule has 1 aliphatic heterocycles. The zero-order valence-electron chi connectivity index (χ0n) is 13.8. The van der Waals surface area contributed by atoms with Crippen molar-refractivity contribution < 1.29 is 9.90 Å². The van der Waals surface area contributed by atoms with Crippen molar-refractivity contribution in [2.75, 3.05) is 18.4 Å². The van der Waals surface area contributed by atoms with Gasteiger partial charge in [0.1, 0.15) is 0 Å². The third kappa shape index (κ3) is 4.92. The van der Waals surface area contributed by atoms with E-state index in [1.165, 1.54) is 4.90 Å². The van der Waals surface area contributed by atoms with Crippen LogP contribution in [0.15, 0.2) is 29.2 Å². The Labute approximate surface area is 137 Å². The van der Waals surface area contributed by atoms with Gasteiger partial charge in [0.25, 0.3) is 0 Å². The summed E-state index contributed by atoms with van der Waals surface area (Å²) in [5.74, 6) is 0.262. The van der Waals surface area contributed by atoms with E-state index < -0.39 is 6.10 Å². The van der Waals surface area contributed by atoms with E-state index in [0.29, 0.717) is 13.1 Å². The van der Waals surface area contributed by atoms with Crippen molar-refractivity contribution in [2.45, 2.75) is 49.9 Å². The molecule has 2 rings (SSSR count). The largest absolute Gasteiger partial charge is 0.391 e. The number of nitrogens with one attached hydrogen (secondary N) is 1. The molecule has 4 nitrogen and oxygen atoms in total. The summed E-state index contributed by atoms with van der Waals surface area (Å²) in [6.07, 6.45) is 0.417. The number of hydrogen-bond donors (Lipinski definition) is 2. The molecule has 1 heterocycles. The smallest absolute Gasteiger partial charge is 0.321 e. The highest BCUT2D eigenvalue weighted by Gasteiger charge is 2.27. The van der Waals surface area contributed by atoms with Crippen molar-refractivity contribution in [3.8, 4) is 0 Å². The molecule has 0 aromatic heterocycles. The van der Waals surface area contributed by atoms with Gasteiger partial charge >= 0.3 is 6.03 Å². The van der Waals surface area contributed by atoms with Crippen LogP contribution >= 0.6 is 11.8 Å². The molecule has 1 aromatic carbocycles. The second-order valence-electron chi connectivity index (χ2n) is 6.95. The third-order valence-electron chi connectivity index (χ3n) is 3.74. The monoisotopic (exact) mass is 322 g/mol. The summed E-state index contributed by atoms with van der Waals surface area (Å²) in [6, 6.07) is 7.77. The number of benzene rings is 1. The molecule has 22 heavy (non-hydrogen) atoms. The number of piperidine rings is 1. The number of likely N-dealkylation sites (tertiary alicyclic amines) is 1. The number of anilines is 1. The van der Waals surface area contributed by atoms with Gasteiger partial charge in [-0.1, -0.05) is 27.7 Å². The minimum absolute atomic E-state index is 0.137. The van der Waals surface area contributed by atoms with Crippen LogP contribution in [0, 0.1) is 5.92 Å². The summed E-state index contributed by atoms with van der Waals surface area (Å²) in [5, 5.41) is 12.8. The molecular weight excluding hydrogens is 296 g/mol. The van der Waals surface area contributed by atoms with Crippen LogP contribution < -0.4 is 5.32 Å². The minimum atomic E-state index is -0.426. The second-order valence-corrected chi connectivity index (χ2v) is 8.85. The quantitative estimate of drug-likeness (QED) is 0.814. The average Bonchev–Trinajstić information content (AvgIpc) is 2.42. The van der Waals surface area contributed by atoms with Crippen molar-refractivity contribution in [1.82, 2.24) is 4.90 Å². The lowest BCUT2D eigenvalue weighted by molar-refractivity contribution is 0.0464. The predicted molar refractivity (Wildman–Crippen MR) is 92.4 cm³/mol. The summed E-state index contributed by atoms with van der Waals surface area (Å²) < 4.78 is 0.172. The summed E-state index contributed by atoms with van der Waals surface area (Å²) >= 11 is 1.80. The molecule has 122 valence electrons. The molecule has 1 fully saturated rings. The Balaban J connectivity index is 1.92. The van der Waals surface area contributed by atoms with Gasteiger partial charge in [0, 0.05) is 28.4 Å². The molecule has 0 bridgehead atoms. The van der Waals surface area contributed by atoms with Crippen LogP contribution in [-0.2, 0) is 0 Å². The van der Waals surface area contributed by atoms with Crippen LogP contribution in [0.25, 0.3) is 0 Å². The molecule has 1 aliphatic rings. The van der Waals surface area contributed by atoms with E-state index in [4.69, 9.17) is 0 Å². The zero-order chi connectivity index (χ0) is 16.3. The van der Waals surface area contributed by atoms with Gasteiger partial charge in [-0.15, -0.1) is 11.8 Å². The normalized spacial score (nSPS) is 22.5. The fourth-order valence-electron chi connectivity index (χ4n) is 2.40. The molecule has 0 saturated carbocycles. The lowest BCUT2D eigenvalue weighted by atomic mass is 9.96. The number of amides is 2. The molecule has 2 unspecified atom stereocenters. The summed E-state index contributed by atoms with van der Waals surface area (Å²) in [7, 11) is 0. The van der Waals surface area contributed by atoms with Crippen molar-refractivity contribution >= 4 is 23.5 Å². The number of carbonyl (C=O) groups excluding carboxylic acids is 1. The summed E-state index contributed by atoms with van der Waals surface area (Å²) in [5.41, 5.74) is 0.788. The van der Waals surface area contributed by atoms with Crippen molar-refractivity contribution in [1.29, 1.82) is 0 Å². The standard InChI is InChI=1S/C17H26N2O2S/c1-12-9-10-19(11-15(12)20)16(21)18-13-5-7-14(8-6-13)22-17(2,3)4/h5-8,12,15,20H,9-11H2,1-4H3,(H,18,21). The van der Waals surface area contributed by atoms with Gasteiger partial charge in [-0.2, -0.15) is 0 Å². The highest BCUT2D eigenvalue weighted by Crippen LogP contribution is 2.32. The first kappa shape index (κ1) is 17.2. The number of rotatable bonds is 2. The van der Waals surface area contributed by atoms with E-state index in [1.807, 2.05) is 31.2 Å². The fraction of sp³-hybridized carbons (Fsp3) is 0.588. The van der Waals surface area contributed by atoms with E-state index in [-0.39, 0.29) is 16.7 Å². The number of aliphatic hydroxyl groups is 1. The third-order valence-corrected chi connectivity index (χ3v) is 4.86. The van der Waals surface area contributed by atoms with E-state index >= 15 is 0 Å².